The van der Waals surface area contributed by atoms with Crippen LogP contribution in [-0.2, 0) is 11.2 Å². The molecule has 0 spiro atoms. The third kappa shape index (κ3) is 5.47. The van der Waals surface area contributed by atoms with Gasteiger partial charge in [-0.2, -0.15) is 0 Å². The first-order valence-corrected chi connectivity index (χ1v) is 11.3. The highest BCUT2D eigenvalue weighted by molar-refractivity contribution is 5.95. The Bertz CT molecular complexity index is 974. The average molecular weight is 438 g/mol. The minimum atomic E-state index is -0.576. The second kappa shape index (κ2) is 9.31. The molecule has 32 heavy (non-hydrogen) atoms. The van der Waals surface area contributed by atoms with Crippen molar-refractivity contribution in [1.82, 2.24) is 15.2 Å². The van der Waals surface area contributed by atoms with Crippen LogP contribution in [0.15, 0.2) is 42.6 Å². The van der Waals surface area contributed by atoms with E-state index in [9.17, 15) is 14.7 Å². The zero-order chi connectivity index (χ0) is 23.5. The number of rotatable bonds is 6. The Hall–Kier alpha value is -2.89. The Morgan fingerprint density at radius 2 is 1.84 bits per heavy atom. The molecule has 1 aromatic heterocycles. The van der Waals surface area contributed by atoms with Crippen LogP contribution in [0.25, 0.3) is 0 Å². The van der Waals surface area contributed by atoms with E-state index in [0.717, 1.165) is 19.3 Å². The summed E-state index contributed by atoms with van der Waals surface area (Å²) in [5.41, 5.74) is 1.16. The lowest BCUT2D eigenvalue weighted by atomic mass is 9.62. The number of nitrogens with one attached hydrogen (secondary N) is 1. The third-order valence-electron chi connectivity index (χ3n) is 6.48. The molecule has 172 valence electrons. The molecule has 2 atom stereocenters. The molecule has 1 aliphatic carbocycles. The first-order chi connectivity index (χ1) is 15.0. The number of hydrogen-bond acceptors (Lipinski definition) is 4. The molecule has 0 unspecified atom stereocenters. The number of carbonyl (C=O) groups excluding carboxylic acids is 2. The smallest absolute Gasteiger partial charge is 0.273 e. The molecule has 1 fully saturated rings. The van der Waals surface area contributed by atoms with E-state index in [4.69, 9.17) is 0 Å². The second-order valence-corrected chi connectivity index (χ2v) is 10.3. The number of pyridine rings is 1. The zero-order valence-electron chi connectivity index (χ0n) is 19.8. The summed E-state index contributed by atoms with van der Waals surface area (Å²) in [4.78, 5) is 32.2. The van der Waals surface area contributed by atoms with Gasteiger partial charge < -0.3 is 15.3 Å². The Labute approximate surface area is 191 Å². The number of carbonyl (C=O) groups is 2. The predicted octanol–water partition coefficient (Wildman–Crippen LogP) is 4.11. The SMILES string of the molecule is Cc1ccnc(C(=O)N[C@@H]2CC(C)(C)C[C@](C)(C(=O)N(C)CCc3ccccc3)C2)c1O. The average Bonchev–Trinajstić information content (AvgIpc) is 2.72. The van der Waals surface area contributed by atoms with Crippen molar-refractivity contribution < 1.29 is 14.7 Å². The molecule has 3 rings (SSSR count). The number of benzene rings is 1. The highest BCUT2D eigenvalue weighted by Gasteiger charge is 2.47. The van der Waals surface area contributed by atoms with Crippen molar-refractivity contribution >= 4 is 11.8 Å². The van der Waals surface area contributed by atoms with Crippen molar-refractivity contribution in [1.29, 1.82) is 0 Å². The summed E-state index contributed by atoms with van der Waals surface area (Å²) in [6.45, 7) is 8.68. The number of aromatic hydroxyl groups is 1. The second-order valence-electron chi connectivity index (χ2n) is 10.3. The van der Waals surface area contributed by atoms with Crippen molar-refractivity contribution in [3.05, 3.63) is 59.4 Å². The van der Waals surface area contributed by atoms with Crippen LogP contribution in [0.3, 0.4) is 0 Å². The maximum Gasteiger partial charge on any atom is 0.273 e. The first kappa shape index (κ1) is 23.8. The van der Waals surface area contributed by atoms with Gasteiger partial charge in [0.25, 0.3) is 5.91 Å². The summed E-state index contributed by atoms with van der Waals surface area (Å²) in [5.74, 6) is -0.391. The molecule has 0 bridgehead atoms. The lowest BCUT2D eigenvalue weighted by molar-refractivity contribution is -0.144. The zero-order valence-corrected chi connectivity index (χ0v) is 19.8. The van der Waals surface area contributed by atoms with Crippen LogP contribution in [0, 0.1) is 17.8 Å². The quantitative estimate of drug-likeness (QED) is 0.712. The highest BCUT2D eigenvalue weighted by atomic mass is 16.3. The summed E-state index contributed by atoms with van der Waals surface area (Å²) in [7, 11) is 1.86. The third-order valence-corrected chi connectivity index (χ3v) is 6.48. The van der Waals surface area contributed by atoms with Crippen LogP contribution in [0.2, 0.25) is 0 Å². The Morgan fingerprint density at radius 1 is 1.16 bits per heavy atom. The molecule has 0 saturated heterocycles. The van der Waals surface area contributed by atoms with Crippen LogP contribution >= 0.6 is 0 Å². The van der Waals surface area contributed by atoms with Crippen LogP contribution in [0.1, 0.15) is 61.6 Å². The summed E-state index contributed by atoms with van der Waals surface area (Å²) in [6, 6.07) is 11.6. The molecule has 1 aliphatic rings. The maximum atomic E-state index is 13.5. The van der Waals surface area contributed by atoms with E-state index in [2.05, 4.69) is 36.3 Å². The normalized spacial score (nSPS) is 22.2. The van der Waals surface area contributed by atoms with Gasteiger partial charge in [0.1, 0.15) is 5.75 Å². The minimum absolute atomic E-state index is 0.0291. The van der Waals surface area contributed by atoms with Crippen LogP contribution < -0.4 is 5.32 Å². The van der Waals surface area contributed by atoms with E-state index in [1.807, 2.05) is 37.1 Å². The predicted molar refractivity (Wildman–Crippen MR) is 125 cm³/mol. The monoisotopic (exact) mass is 437 g/mol. The van der Waals surface area contributed by atoms with Gasteiger partial charge in [0.15, 0.2) is 5.69 Å². The molecule has 0 aliphatic heterocycles. The molecule has 2 N–H and O–H groups in total. The molecule has 1 heterocycles. The van der Waals surface area contributed by atoms with Crippen molar-refractivity contribution in [2.45, 2.75) is 59.4 Å². The molecule has 6 nitrogen and oxygen atoms in total. The standard InChI is InChI=1S/C26H35N3O3/c1-18-11-13-27-21(22(18)30)23(31)28-20-15-25(2,3)17-26(4,16-20)24(32)29(5)14-12-19-9-7-6-8-10-19/h6-11,13,20,30H,12,14-17H2,1-5H3,(H,28,31)/t20-,26-/m1/s1. The summed E-state index contributed by atoms with van der Waals surface area (Å²) in [6.07, 6.45) is 4.41. The van der Waals surface area contributed by atoms with Crippen LogP contribution in [0.5, 0.6) is 5.75 Å². The van der Waals surface area contributed by atoms with Crippen LogP contribution in [-0.4, -0.2) is 46.4 Å². The molecule has 1 aromatic carbocycles. The van der Waals surface area contributed by atoms with Crippen molar-refractivity contribution in [3.8, 4) is 5.75 Å². The van der Waals surface area contributed by atoms with Gasteiger partial charge in [-0.3, -0.25) is 9.59 Å². The summed E-state index contributed by atoms with van der Waals surface area (Å²) >= 11 is 0. The van der Waals surface area contributed by atoms with E-state index < -0.39 is 11.3 Å². The van der Waals surface area contributed by atoms with E-state index in [0.29, 0.717) is 18.5 Å². The van der Waals surface area contributed by atoms with Crippen LogP contribution in [0.4, 0.5) is 0 Å². The number of aryl methyl sites for hydroxylation is 1. The fraction of sp³-hybridized carbons (Fsp3) is 0.500. The molecule has 1 saturated carbocycles. The van der Waals surface area contributed by atoms with Crippen molar-refractivity contribution in [3.63, 3.8) is 0 Å². The van der Waals surface area contributed by atoms with Gasteiger partial charge in [0.05, 0.1) is 0 Å². The Balaban J connectivity index is 1.71. The van der Waals surface area contributed by atoms with Gasteiger partial charge in [0, 0.05) is 31.2 Å². The number of hydrogen-bond donors (Lipinski definition) is 2. The van der Waals surface area contributed by atoms with Crippen molar-refractivity contribution in [2.24, 2.45) is 10.8 Å². The molecule has 6 heteroatoms. The molecule has 2 amide bonds. The first-order valence-electron chi connectivity index (χ1n) is 11.3. The van der Waals surface area contributed by atoms with Gasteiger partial charge in [-0.1, -0.05) is 51.1 Å². The topological polar surface area (TPSA) is 82.5 Å². The highest BCUT2D eigenvalue weighted by Crippen LogP contribution is 2.47. The number of aromatic nitrogens is 1. The fourth-order valence-corrected chi connectivity index (χ4v) is 5.22. The Morgan fingerprint density at radius 3 is 2.53 bits per heavy atom. The van der Waals surface area contributed by atoms with Gasteiger partial charge in [0.2, 0.25) is 5.91 Å². The molecule has 0 radical (unpaired) electrons. The number of amides is 2. The number of nitrogens with zero attached hydrogens (tertiary/aromatic N) is 2. The number of likely N-dealkylation sites (N-methyl/N-ethyl adjacent to an activating group) is 1. The van der Waals surface area contributed by atoms with E-state index >= 15 is 0 Å². The molecule has 2 aromatic rings. The largest absolute Gasteiger partial charge is 0.505 e. The summed E-state index contributed by atoms with van der Waals surface area (Å²) in [5, 5.41) is 13.3. The molecular formula is C26H35N3O3. The van der Waals surface area contributed by atoms with Gasteiger partial charge in [-0.05, 0) is 55.2 Å². The van der Waals surface area contributed by atoms with E-state index in [1.165, 1.54) is 11.8 Å². The fourth-order valence-electron chi connectivity index (χ4n) is 5.22. The maximum absolute atomic E-state index is 13.5. The summed E-state index contributed by atoms with van der Waals surface area (Å²) < 4.78 is 0. The van der Waals surface area contributed by atoms with Crippen molar-refractivity contribution in [2.75, 3.05) is 13.6 Å². The Kier molecular flexibility index (Phi) is 6.91. The minimum Gasteiger partial charge on any atom is -0.505 e. The van der Waals surface area contributed by atoms with Gasteiger partial charge in [-0.25, -0.2) is 4.98 Å². The van der Waals surface area contributed by atoms with Gasteiger partial charge in [-0.15, -0.1) is 0 Å². The van der Waals surface area contributed by atoms with Gasteiger partial charge >= 0.3 is 0 Å². The van der Waals surface area contributed by atoms with E-state index in [-0.39, 0.29) is 28.8 Å². The molecular weight excluding hydrogens is 402 g/mol. The van der Waals surface area contributed by atoms with E-state index in [1.54, 1.807) is 13.0 Å². The lowest BCUT2D eigenvalue weighted by Crippen LogP contribution is -2.52. The lowest BCUT2D eigenvalue weighted by Gasteiger charge is -2.47.